The highest BCUT2D eigenvalue weighted by molar-refractivity contribution is 6.05. The third-order valence-electron chi connectivity index (χ3n) is 4.76. The Labute approximate surface area is 145 Å². The van der Waals surface area contributed by atoms with Crippen molar-refractivity contribution in [1.82, 2.24) is 4.98 Å². The van der Waals surface area contributed by atoms with Crippen LogP contribution in [0.2, 0.25) is 0 Å². The Balaban J connectivity index is 2.12. The third-order valence-corrected chi connectivity index (χ3v) is 4.76. The van der Waals surface area contributed by atoms with Gasteiger partial charge in [-0.3, -0.25) is 4.98 Å². The molecule has 1 aliphatic heterocycles. The van der Waals surface area contributed by atoms with Crippen molar-refractivity contribution in [2.45, 2.75) is 20.3 Å². The number of hydrogen-bond acceptors (Lipinski definition) is 5. The first-order chi connectivity index (χ1) is 12.0. The molecule has 1 saturated heterocycles. The van der Waals surface area contributed by atoms with Crippen LogP contribution in [0.25, 0.3) is 10.9 Å². The number of carbonyl (C=O) groups is 2. The fourth-order valence-electron chi connectivity index (χ4n) is 3.42. The van der Waals surface area contributed by atoms with Gasteiger partial charge in [-0.05, 0) is 37.5 Å². The molecule has 0 radical (unpaired) electrons. The van der Waals surface area contributed by atoms with Crippen molar-refractivity contribution in [3.05, 3.63) is 35.8 Å². The maximum Gasteiger partial charge on any atom is 0.341 e. The van der Waals surface area contributed by atoms with E-state index in [-0.39, 0.29) is 24.3 Å². The van der Waals surface area contributed by atoms with Gasteiger partial charge in [0.1, 0.15) is 17.7 Å². The fraction of sp³-hybridized carbons (Fsp3) is 0.421. The average Bonchev–Trinajstić information content (AvgIpc) is 2.60. The number of aldehydes is 1. The molecule has 1 aromatic carbocycles. The first-order valence-electron chi connectivity index (χ1n) is 8.50. The van der Waals surface area contributed by atoms with Gasteiger partial charge in [-0.1, -0.05) is 6.92 Å². The van der Waals surface area contributed by atoms with Crippen molar-refractivity contribution in [3.63, 3.8) is 0 Å². The van der Waals surface area contributed by atoms with E-state index in [1.165, 1.54) is 18.3 Å². The average molecular weight is 344 g/mol. The molecule has 0 saturated carbocycles. The number of piperidine rings is 1. The Morgan fingerprint density at radius 3 is 2.96 bits per heavy atom. The Bertz CT molecular complexity index is 809. The number of anilines is 1. The molecule has 3 rings (SSSR count). The number of benzene rings is 1. The largest absolute Gasteiger partial charge is 0.462 e. The minimum atomic E-state index is -0.471. The summed E-state index contributed by atoms with van der Waals surface area (Å²) in [5, 5.41) is 0.585. The topological polar surface area (TPSA) is 59.5 Å². The predicted molar refractivity (Wildman–Crippen MR) is 93.2 cm³/mol. The third kappa shape index (κ3) is 3.34. The zero-order valence-corrected chi connectivity index (χ0v) is 14.4. The van der Waals surface area contributed by atoms with Gasteiger partial charge >= 0.3 is 5.97 Å². The molecule has 1 aliphatic rings. The number of halogens is 1. The van der Waals surface area contributed by atoms with Gasteiger partial charge in [0.25, 0.3) is 0 Å². The van der Waals surface area contributed by atoms with E-state index in [1.54, 1.807) is 13.0 Å². The number of pyridine rings is 1. The highest BCUT2D eigenvalue weighted by atomic mass is 19.1. The molecule has 0 amide bonds. The van der Waals surface area contributed by atoms with E-state index in [0.717, 1.165) is 6.29 Å². The van der Waals surface area contributed by atoms with Crippen LogP contribution < -0.4 is 4.90 Å². The fourth-order valence-corrected chi connectivity index (χ4v) is 3.42. The molecular weight excluding hydrogens is 323 g/mol. The first-order valence-corrected chi connectivity index (χ1v) is 8.50. The maximum atomic E-state index is 13.8. The van der Waals surface area contributed by atoms with Crippen LogP contribution in [0.1, 0.15) is 30.6 Å². The van der Waals surface area contributed by atoms with Gasteiger partial charge in [0, 0.05) is 30.6 Å². The van der Waals surface area contributed by atoms with E-state index in [1.807, 2.05) is 11.8 Å². The molecule has 25 heavy (non-hydrogen) atoms. The number of carbonyl (C=O) groups excluding carboxylic acids is 2. The lowest BCUT2D eigenvalue weighted by molar-refractivity contribution is -0.112. The molecule has 1 fully saturated rings. The molecule has 1 aromatic heterocycles. The van der Waals surface area contributed by atoms with Gasteiger partial charge in [-0.2, -0.15) is 0 Å². The molecule has 2 atom stereocenters. The molecule has 0 N–H and O–H groups in total. The van der Waals surface area contributed by atoms with Crippen molar-refractivity contribution in [2.24, 2.45) is 11.8 Å². The molecule has 0 bridgehead atoms. The van der Waals surface area contributed by atoms with E-state index in [9.17, 15) is 14.0 Å². The molecule has 5 nitrogen and oxygen atoms in total. The second-order valence-corrected chi connectivity index (χ2v) is 6.41. The minimum absolute atomic E-state index is 0.00660. The van der Waals surface area contributed by atoms with E-state index >= 15 is 0 Å². The van der Waals surface area contributed by atoms with Crippen LogP contribution in [-0.4, -0.2) is 36.9 Å². The van der Waals surface area contributed by atoms with Crippen LogP contribution in [0, 0.1) is 17.7 Å². The van der Waals surface area contributed by atoms with Crippen LogP contribution >= 0.6 is 0 Å². The summed E-state index contributed by atoms with van der Waals surface area (Å²) in [5.74, 6) is -0.695. The minimum Gasteiger partial charge on any atom is -0.462 e. The van der Waals surface area contributed by atoms with Gasteiger partial charge in [-0.15, -0.1) is 0 Å². The molecular formula is C19H21FN2O3. The lowest BCUT2D eigenvalue weighted by Gasteiger charge is -2.37. The number of hydrogen-bond donors (Lipinski definition) is 0. The summed E-state index contributed by atoms with van der Waals surface area (Å²) in [4.78, 5) is 29.9. The van der Waals surface area contributed by atoms with Gasteiger partial charge < -0.3 is 14.4 Å². The quantitative estimate of drug-likeness (QED) is 0.630. The number of nitrogens with zero attached hydrogens (tertiary/aromatic N) is 2. The van der Waals surface area contributed by atoms with E-state index in [4.69, 9.17) is 4.74 Å². The Morgan fingerprint density at radius 1 is 1.48 bits per heavy atom. The summed E-state index contributed by atoms with van der Waals surface area (Å²) in [6, 6.07) is 4.35. The van der Waals surface area contributed by atoms with E-state index in [2.05, 4.69) is 4.98 Å². The second kappa shape index (κ2) is 7.17. The van der Waals surface area contributed by atoms with Crippen LogP contribution in [0.4, 0.5) is 10.1 Å². The summed E-state index contributed by atoms with van der Waals surface area (Å²) in [6.07, 6.45) is 3.19. The summed E-state index contributed by atoms with van der Waals surface area (Å²) in [7, 11) is 0. The van der Waals surface area contributed by atoms with Crippen molar-refractivity contribution in [3.8, 4) is 0 Å². The van der Waals surface area contributed by atoms with Gasteiger partial charge in [0.15, 0.2) is 0 Å². The van der Waals surface area contributed by atoms with Crippen molar-refractivity contribution >= 4 is 28.8 Å². The Hall–Kier alpha value is -2.50. The van der Waals surface area contributed by atoms with Crippen molar-refractivity contribution < 1.29 is 18.7 Å². The molecule has 132 valence electrons. The predicted octanol–water partition coefficient (Wildman–Crippen LogP) is 3.21. The summed E-state index contributed by atoms with van der Waals surface area (Å²) in [6.45, 7) is 5.24. The smallest absolute Gasteiger partial charge is 0.341 e. The zero-order valence-electron chi connectivity index (χ0n) is 14.4. The van der Waals surface area contributed by atoms with Crippen LogP contribution in [0.3, 0.4) is 0 Å². The standard InChI is InChI=1S/C19H21FN2O3/c1-3-25-19(24)16-9-21-17-5-4-14(20)8-15(17)18(16)22-7-6-13(11-23)12(2)10-22/h4-5,8-9,11-13H,3,6-7,10H2,1-2H3. The van der Waals surface area contributed by atoms with Crippen LogP contribution in [-0.2, 0) is 9.53 Å². The summed E-state index contributed by atoms with van der Waals surface area (Å²) >= 11 is 0. The number of aromatic nitrogens is 1. The molecule has 6 heteroatoms. The van der Waals surface area contributed by atoms with E-state index in [0.29, 0.717) is 41.7 Å². The molecule has 2 heterocycles. The highest BCUT2D eigenvalue weighted by Crippen LogP contribution is 2.34. The highest BCUT2D eigenvalue weighted by Gasteiger charge is 2.29. The zero-order chi connectivity index (χ0) is 18.0. The number of fused-ring (bicyclic) bond motifs is 1. The first kappa shape index (κ1) is 17.3. The van der Waals surface area contributed by atoms with Crippen LogP contribution in [0.15, 0.2) is 24.4 Å². The monoisotopic (exact) mass is 344 g/mol. The van der Waals surface area contributed by atoms with Crippen LogP contribution in [0.5, 0.6) is 0 Å². The lowest BCUT2D eigenvalue weighted by atomic mass is 9.87. The Morgan fingerprint density at radius 2 is 2.28 bits per heavy atom. The number of rotatable bonds is 4. The van der Waals surface area contributed by atoms with Gasteiger partial charge in [0.05, 0.1) is 17.8 Å². The normalized spacial score (nSPS) is 20.5. The lowest BCUT2D eigenvalue weighted by Crippen LogP contribution is -2.40. The summed E-state index contributed by atoms with van der Waals surface area (Å²) < 4.78 is 19.0. The van der Waals surface area contributed by atoms with Gasteiger partial charge in [-0.25, -0.2) is 9.18 Å². The van der Waals surface area contributed by atoms with E-state index < -0.39 is 5.97 Å². The second-order valence-electron chi connectivity index (χ2n) is 6.41. The van der Waals surface area contributed by atoms with Crippen molar-refractivity contribution in [1.29, 1.82) is 0 Å². The molecule has 0 aliphatic carbocycles. The van der Waals surface area contributed by atoms with Crippen molar-refractivity contribution in [2.75, 3.05) is 24.6 Å². The molecule has 0 spiro atoms. The summed E-state index contributed by atoms with van der Waals surface area (Å²) in [5.41, 5.74) is 1.59. The molecule has 2 unspecified atom stereocenters. The number of esters is 1. The Kier molecular flexibility index (Phi) is 4.97. The SMILES string of the molecule is CCOC(=O)c1cnc2ccc(F)cc2c1N1CCC(C=O)C(C)C1. The molecule has 2 aromatic rings. The number of ether oxygens (including phenoxy) is 1. The van der Waals surface area contributed by atoms with Gasteiger partial charge in [0.2, 0.25) is 0 Å². The maximum absolute atomic E-state index is 13.8.